The summed E-state index contributed by atoms with van der Waals surface area (Å²) in [6.45, 7) is 6.41. The van der Waals surface area contributed by atoms with Crippen molar-refractivity contribution < 1.29 is 9.29 Å². The Morgan fingerprint density at radius 1 is 1.55 bits per heavy atom. The molecule has 1 rings (SSSR count). The smallest absolute Gasteiger partial charge is 0.240 e. The molecule has 0 spiro atoms. The first-order chi connectivity index (χ1) is 5.00. The minimum absolute atomic E-state index is 0.272. The first-order valence-electron chi connectivity index (χ1n) is 3.62. The fourth-order valence-electron chi connectivity index (χ4n) is 0.495. The van der Waals surface area contributed by atoms with Gasteiger partial charge in [0.05, 0.1) is 13.0 Å². The summed E-state index contributed by atoms with van der Waals surface area (Å²) < 4.78 is 19.9. The molecule has 0 radical (unpaired) electrons. The summed E-state index contributed by atoms with van der Waals surface area (Å²) in [5, 5.41) is 0. The van der Waals surface area contributed by atoms with Crippen LogP contribution in [0.5, 0.6) is 0 Å². The topological polar surface area (TPSA) is 44.7 Å². The first kappa shape index (κ1) is 8.87. The van der Waals surface area contributed by atoms with Crippen LogP contribution < -0.4 is 0 Å². The summed E-state index contributed by atoms with van der Waals surface area (Å²) in [5.41, 5.74) is 0. The molecule has 1 heterocycles. The van der Waals surface area contributed by atoms with Crippen LogP contribution in [0.25, 0.3) is 0 Å². The predicted molar refractivity (Wildman–Crippen MR) is 45.9 cm³/mol. The zero-order valence-corrected chi connectivity index (χ0v) is 7.90. The lowest BCUT2D eigenvalue weighted by atomic mass is 10.3. The third-order valence-electron chi connectivity index (χ3n) is 1.29. The number of ether oxygens (including phenoxy) is 1. The van der Waals surface area contributed by atoms with Crippen LogP contribution in [0.4, 0.5) is 0 Å². The van der Waals surface area contributed by atoms with Gasteiger partial charge >= 0.3 is 0 Å². The average Bonchev–Trinajstić information content (AvgIpc) is 1.75. The Bertz CT molecular complexity index is 168. The summed E-state index contributed by atoms with van der Waals surface area (Å²) >= 11 is -1.15. The van der Waals surface area contributed by atoms with E-state index in [0.717, 1.165) is 13.0 Å². The molecule has 1 unspecified atom stereocenters. The predicted octanol–water partition coefficient (Wildman–Crippen LogP) is 1.27. The van der Waals surface area contributed by atoms with Crippen LogP contribution in [-0.4, -0.2) is 21.8 Å². The summed E-state index contributed by atoms with van der Waals surface area (Å²) in [6.07, 6.45) is 0.835. The van der Waals surface area contributed by atoms with Gasteiger partial charge in [0, 0.05) is 0 Å². The monoisotopic (exact) mass is 175 g/mol. The molecule has 0 bridgehead atoms. The van der Waals surface area contributed by atoms with Crippen molar-refractivity contribution in [1.82, 2.24) is 0 Å². The molecular formula is C7H13NO2S. The Morgan fingerprint density at radius 2 is 2.09 bits per heavy atom. The van der Waals surface area contributed by atoms with Gasteiger partial charge in [-0.3, -0.25) is 0 Å². The van der Waals surface area contributed by atoms with E-state index in [0.29, 0.717) is 5.90 Å². The highest BCUT2D eigenvalue weighted by Crippen LogP contribution is 2.19. The molecule has 64 valence electrons. The standard InChI is InChI=1S/C7H13NO2S/c1-7(2,3)11(9)8-6-4-5-10-6/h4-5H2,1-3H3/b8-6-. The maximum Gasteiger partial charge on any atom is 0.240 e. The van der Waals surface area contributed by atoms with Gasteiger partial charge in [-0.25, -0.2) is 0 Å². The van der Waals surface area contributed by atoms with E-state index >= 15 is 0 Å². The van der Waals surface area contributed by atoms with Crippen LogP contribution in [0.3, 0.4) is 0 Å². The first-order valence-corrected chi connectivity index (χ1v) is 4.73. The molecule has 11 heavy (non-hydrogen) atoms. The quantitative estimate of drug-likeness (QED) is 0.563. The number of hydrogen-bond acceptors (Lipinski definition) is 3. The van der Waals surface area contributed by atoms with E-state index in [2.05, 4.69) is 4.40 Å². The van der Waals surface area contributed by atoms with Crippen molar-refractivity contribution in [2.24, 2.45) is 4.40 Å². The van der Waals surface area contributed by atoms with Crippen LogP contribution in [-0.2, 0) is 16.1 Å². The second-order valence-corrected chi connectivity index (χ2v) is 5.35. The molecule has 0 aliphatic carbocycles. The Balaban J connectivity index is 2.48. The molecule has 1 aliphatic rings. The molecule has 0 aromatic rings. The van der Waals surface area contributed by atoms with Crippen molar-refractivity contribution in [2.45, 2.75) is 31.9 Å². The fourth-order valence-corrected chi connectivity index (χ4v) is 1.10. The third kappa shape index (κ3) is 2.38. The molecule has 1 atom stereocenters. The molecule has 0 N–H and O–H groups in total. The third-order valence-corrected chi connectivity index (χ3v) is 2.71. The molecule has 4 heteroatoms. The van der Waals surface area contributed by atoms with Gasteiger partial charge in [-0.15, -0.1) is 0 Å². The van der Waals surface area contributed by atoms with E-state index in [1.807, 2.05) is 20.8 Å². The molecule has 0 saturated carbocycles. The van der Waals surface area contributed by atoms with Gasteiger partial charge < -0.3 is 9.29 Å². The maximum absolute atomic E-state index is 11.3. The van der Waals surface area contributed by atoms with E-state index in [1.165, 1.54) is 0 Å². The van der Waals surface area contributed by atoms with Gasteiger partial charge in [-0.1, -0.05) is 0 Å². The Kier molecular flexibility index (Phi) is 2.44. The van der Waals surface area contributed by atoms with Crippen molar-refractivity contribution in [3.63, 3.8) is 0 Å². The lowest BCUT2D eigenvalue weighted by Crippen LogP contribution is -2.30. The van der Waals surface area contributed by atoms with Crippen molar-refractivity contribution in [3.05, 3.63) is 0 Å². The highest BCUT2D eigenvalue weighted by atomic mass is 32.2. The molecule has 1 fully saturated rings. The van der Waals surface area contributed by atoms with Gasteiger partial charge in [0.15, 0.2) is 0 Å². The van der Waals surface area contributed by atoms with Crippen molar-refractivity contribution >= 4 is 17.3 Å². The number of rotatable bonds is 1. The minimum Gasteiger partial charge on any atom is -0.591 e. The summed E-state index contributed by atoms with van der Waals surface area (Å²) in [6, 6.07) is 0. The van der Waals surface area contributed by atoms with Crippen LogP contribution >= 0.6 is 0 Å². The van der Waals surface area contributed by atoms with E-state index in [4.69, 9.17) is 4.74 Å². The van der Waals surface area contributed by atoms with Gasteiger partial charge in [0.2, 0.25) is 5.90 Å². The molecule has 3 nitrogen and oxygen atoms in total. The molecular weight excluding hydrogens is 162 g/mol. The van der Waals surface area contributed by atoms with Gasteiger partial charge in [0.1, 0.15) is 16.1 Å². The average molecular weight is 175 g/mol. The van der Waals surface area contributed by atoms with Crippen LogP contribution in [0, 0.1) is 0 Å². The zero-order valence-electron chi connectivity index (χ0n) is 7.09. The lowest BCUT2D eigenvalue weighted by Gasteiger charge is -2.21. The molecule has 0 aromatic heterocycles. The highest BCUT2D eigenvalue weighted by molar-refractivity contribution is 7.91. The van der Waals surface area contributed by atoms with E-state index < -0.39 is 11.4 Å². The van der Waals surface area contributed by atoms with Crippen LogP contribution in [0.15, 0.2) is 4.40 Å². The Morgan fingerprint density at radius 3 is 2.36 bits per heavy atom. The SMILES string of the molecule is CC(C)(C)[S+]([O-])/N=C1/CCO1. The van der Waals surface area contributed by atoms with E-state index in [9.17, 15) is 4.55 Å². The van der Waals surface area contributed by atoms with Crippen LogP contribution in [0.2, 0.25) is 0 Å². The van der Waals surface area contributed by atoms with Crippen LogP contribution in [0.1, 0.15) is 27.2 Å². The van der Waals surface area contributed by atoms with Crippen molar-refractivity contribution in [2.75, 3.05) is 6.61 Å². The Hall–Kier alpha value is -0.220. The largest absolute Gasteiger partial charge is 0.591 e. The molecule has 1 saturated heterocycles. The van der Waals surface area contributed by atoms with Gasteiger partial charge in [0.25, 0.3) is 0 Å². The second kappa shape index (κ2) is 3.03. The number of nitrogens with zero attached hydrogens (tertiary/aromatic N) is 1. The number of hydrogen-bond donors (Lipinski definition) is 0. The maximum atomic E-state index is 11.3. The molecule has 0 aromatic carbocycles. The normalized spacial score (nSPS) is 24.2. The highest BCUT2D eigenvalue weighted by Gasteiger charge is 2.28. The minimum atomic E-state index is -1.15. The summed E-state index contributed by atoms with van der Waals surface area (Å²) in [5.74, 6) is 0.637. The van der Waals surface area contributed by atoms with E-state index in [1.54, 1.807) is 0 Å². The molecule has 0 amide bonds. The Labute approximate surface area is 70.2 Å². The van der Waals surface area contributed by atoms with Crippen molar-refractivity contribution in [1.29, 1.82) is 0 Å². The summed E-state index contributed by atoms with van der Waals surface area (Å²) in [7, 11) is 0. The molecule has 1 aliphatic heterocycles. The van der Waals surface area contributed by atoms with Gasteiger partial charge in [-0.05, 0) is 25.2 Å². The van der Waals surface area contributed by atoms with E-state index in [-0.39, 0.29) is 4.75 Å². The zero-order chi connectivity index (χ0) is 8.48. The second-order valence-electron chi connectivity index (χ2n) is 3.45. The van der Waals surface area contributed by atoms with Gasteiger partial charge in [-0.2, -0.15) is 0 Å². The van der Waals surface area contributed by atoms with Crippen molar-refractivity contribution in [3.8, 4) is 0 Å². The fraction of sp³-hybridized carbons (Fsp3) is 0.857. The summed E-state index contributed by atoms with van der Waals surface area (Å²) in [4.78, 5) is 0. The lowest BCUT2D eigenvalue weighted by molar-refractivity contribution is 0.236.